The molecule has 0 amide bonds. The van der Waals surface area contributed by atoms with Crippen molar-refractivity contribution in [3.8, 4) is 33.9 Å². The van der Waals surface area contributed by atoms with Crippen LogP contribution in [0.3, 0.4) is 0 Å². The molecule has 0 unspecified atom stereocenters. The Kier molecular flexibility index (Phi) is 4.61. The number of nitrogens with one attached hydrogen (secondary N) is 1. The van der Waals surface area contributed by atoms with Crippen LogP contribution in [0.1, 0.15) is 11.1 Å². The Labute approximate surface area is 147 Å². The summed E-state index contributed by atoms with van der Waals surface area (Å²) >= 11 is 0. The molecule has 0 saturated carbocycles. The molecule has 1 heterocycles. The van der Waals surface area contributed by atoms with Crippen LogP contribution < -0.4 is 15.0 Å². The molecule has 4 heteroatoms. The molecular weight excluding hydrogens is 314 g/mol. The second kappa shape index (κ2) is 6.85. The maximum atomic E-state index is 12.2. The Morgan fingerprint density at radius 1 is 0.720 bits per heavy atom. The first-order valence-electron chi connectivity index (χ1n) is 8.06. The number of H-pyrrole nitrogens is 1. The molecule has 0 aliphatic heterocycles. The highest BCUT2D eigenvalue weighted by molar-refractivity contribution is 5.72. The van der Waals surface area contributed by atoms with Gasteiger partial charge in [0.25, 0.3) is 0 Å². The summed E-state index contributed by atoms with van der Waals surface area (Å²) in [5, 5.41) is 0. The molecule has 3 rings (SSSR count). The topological polar surface area (TPSA) is 51.3 Å². The minimum absolute atomic E-state index is 0.138. The fourth-order valence-electron chi connectivity index (χ4n) is 2.79. The van der Waals surface area contributed by atoms with Crippen molar-refractivity contribution in [1.82, 2.24) is 4.98 Å². The second-order valence-electron chi connectivity index (χ2n) is 6.02. The molecule has 0 radical (unpaired) electrons. The lowest BCUT2D eigenvalue weighted by Crippen LogP contribution is -2.06. The highest BCUT2D eigenvalue weighted by atomic mass is 16.5. The summed E-state index contributed by atoms with van der Waals surface area (Å²) in [7, 11) is 3.19. The van der Waals surface area contributed by atoms with Gasteiger partial charge in [-0.3, -0.25) is 4.79 Å². The highest BCUT2D eigenvalue weighted by Gasteiger charge is 2.09. The van der Waals surface area contributed by atoms with Crippen molar-refractivity contribution in [1.29, 1.82) is 0 Å². The van der Waals surface area contributed by atoms with Crippen LogP contribution in [0.4, 0.5) is 0 Å². The summed E-state index contributed by atoms with van der Waals surface area (Å²) in [6, 6.07) is 15.4. The van der Waals surface area contributed by atoms with Crippen molar-refractivity contribution < 1.29 is 9.47 Å². The number of ether oxygens (including phenoxy) is 2. The summed E-state index contributed by atoms with van der Waals surface area (Å²) < 4.78 is 10.6. The third-order valence-corrected chi connectivity index (χ3v) is 4.38. The molecule has 1 N–H and O–H groups in total. The first kappa shape index (κ1) is 16.8. The van der Waals surface area contributed by atoms with Gasteiger partial charge in [-0.1, -0.05) is 18.2 Å². The molecule has 25 heavy (non-hydrogen) atoms. The predicted octanol–water partition coefficient (Wildman–Crippen LogP) is 4.34. The van der Waals surface area contributed by atoms with Gasteiger partial charge in [0, 0.05) is 17.3 Å². The van der Waals surface area contributed by atoms with Crippen LogP contribution in [0.2, 0.25) is 0 Å². The van der Waals surface area contributed by atoms with Crippen LogP contribution in [-0.2, 0) is 0 Å². The number of aromatic nitrogens is 1. The average molecular weight is 335 g/mol. The number of rotatable bonds is 4. The van der Waals surface area contributed by atoms with Gasteiger partial charge in [0.15, 0.2) is 11.5 Å². The zero-order valence-corrected chi connectivity index (χ0v) is 14.8. The molecule has 4 nitrogen and oxygen atoms in total. The van der Waals surface area contributed by atoms with Gasteiger partial charge in [0.2, 0.25) is 5.56 Å². The predicted molar refractivity (Wildman–Crippen MR) is 101 cm³/mol. The lowest BCUT2D eigenvalue weighted by atomic mass is 9.99. The highest BCUT2D eigenvalue weighted by Crippen LogP contribution is 2.32. The van der Waals surface area contributed by atoms with Crippen molar-refractivity contribution in [2.45, 2.75) is 13.8 Å². The van der Waals surface area contributed by atoms with Gasteiger partial charge in [-0.05, 0) is 60.4 Å². The fraction of sp³-hybridized carbons (Fsp3) is 0.190. The largest absolute Gasteiger partial charge is 0.493 e. The quantitative estimate of drug-likeness (QED) is 0.771. The summed E-state index contributed by atoms with van der Waals surface area (Å²) in [6.45, 7) is 4.15. The maximum absolute atomic E-state index is 12.2. The molecule has 128 valence electrons. The van der Waals surface area contributed by atoms with E-state index in [9.17, 15) is 4.79 Å². The van der Waals surface area contributed by atoms with Crippen LogP contribution in [0.15, 0.2) is 53.3 Å². The molecule has 3 aromatic rings. The van der Waals surface area contributed by atoms with Crippen molar-refractivity contribution >= 4 is 0 Å². The Hall–Kier alpha value is -3.01. The lowest BCUT2D eigenvalue weighted by molar-refractivity contribution is 0.355. The van der Waals surface area contributed by atoms with E-state index >= 15 is 0 Å². The van der Waals surface area contributed by atoms with Crippen LogP contribution in [0.25, 0.3) is 22.4 Å². The molecule has 1 aromatic heterocycles. The van der Waals surface area contributed by atoms with Gasteiger partial charge in [-0.25, -0.2) is 0 Å². The fourth-order valence-corrected chi connectivity index (χ4v) is 2.79. The van der Waals surface area contributed by atoms with Gasteiger partial charge in [0.05, 0.1) is 14.2 Å². The van der Waals surface area contributed by atoms with E-state index in [1.54, 1.807) is 20.3 Å². The number of methoxy groups -OCH3 is 2. The van der Waals surface area contributed by atoms with Crippen molar-refractivity contribution in [2.24, 2.45) is 0 Å². The normalized spacial score (nSPS) is 10.6. The maximum Gasteiger partial charge on any atom is 0.249 e. The molecule has 0 spiro atoms. The summed E-state index contributed by atoms with van der Waals surface area (Å²) in [4.78, 5) is 15.1. The minimum Gasteiger partial charge on any atom is -0.493 e. The SMILES string of the molecule is COc1ccc(-c2cc(-c3ccc(C)c(C)c3)cc(=O)[nH]2)cc1OC. The summed E-state index contributed by atoms with van der Waals surface area (Å²) in [6.07, 6.45) is 0. The Balaban J connectivity index is 2.11. The van der Waals surface area contributed by atoms with Crippen LogP contribution in [0.5, 0.6) is 11.5 Å². The third kappa shape index (κ3) is 3.43. The number of aromatic amines is 1. The monoisotopic (exact) mass is 335 g/mol. The van der Waals surface area contributed by atoms with Gasteiger partial charge in [0.1, 0.15) is 0 Å². The molecule has 2 aromatic carbocycles. The lowest BCUT2D eigenvalue weighted by Gasteiger charge is -2.11. The first-order valence-corrected chi connectivity index (χ1v) is 8.06. The van der Waals surface area contributed by atoms with Crippen LogP contribution >= 0.6 is 0 Å². The number of hydrogen-bond acceptors (Lipinski definition) is 3. The van der Waals surface area contributed by atoms with E-state index in [1.165, 1.54) is 11.1 Å². The van der Waals surface area contributed by atoms with E-state index in [4.69, 9.17) is 9.47 Å². The zero-order valence-electron chi connectivity index (χ0n) is 14.8. The summed E-state index contributed by atoms with van der Waals surface area (Å²) in [5.74, 6) is 1.27. The molecular formula is C21H21NO3. The van der Waals surface area contributed by atoms with E-state index in [0.29, 0.717) is 11.5 Å². The van der Waals surface area contributed by atoms with Gasteiger partial charge >= 0.3 is 0 Å². The van der Waals surface area contributed by atoms with Crippen LogP contribution in [-0.4, -0.2) is 19.2 Å². The molecule has 0 aliphatic rings. The molecule has 0 saturated heterocycles. The average Bonchev–Trinajstić information content (AvgIpc) is 2.62. The Morgan fingerprint density at radius 2 is 1.44 bits per heavy atom. The molecule has 0 aliphatic carbocycles. The molecule has 0 fully saturated rings. The van der Waals surface area contributed by atoms with E-state index in [-0.39, 0.29) is 5.56 Å². The smallest absolute Gasteiger partial charge is 0.249 e. The standard InChI is InChI=1S/C21H21NO3/c1-13-5-6-15(9-14(13)2)17-10-18(22-21(23)12-17)16-7-8-19(24-3)20(11-16)25-4/h5-12H,1-4H3,(H,22,23). The third-order valence-electron chi connectivity index (χ3n) is 4.38. The molecule has 0 bridgehead atoms. The van der Waals surface area contributed by atoms with Crippen molar-refractivity contribution in [3.63, 3.8) is 0 Å². The number of benzene rings is 2. The number of aryl methyl sites for hydroxylation is 2. The zero-order chi connectivity index (χ0) is 18.0. The second-order valence-corrected chi connectivity index (χ2v) is 6.02. The minimum atomic E-state index is -0.138. The van der Waals surface area contributed by atoms with Gasteiger partial charge in [-0.2, -0.15) is 0 Å². The van der Waals surface area contributed by atoms with Crippen molar-refractivity contribution in [3.05, 3.63) is 70.0 Å². The van der Waals surface area contributed by atoms with Gasteiger partial charge < -0.3 is 14.5 Å². The number of pyridine rings is 1. The first-order chi connectivity index (χ1) is 12.0. The van der Waals surface area contributed by atoms with E-state index in [0.717, 1.165) is 22.4 Å². The van der Waals surface area contributed by atoms with Gasteiger partial charge in [-0.15, -0.1) is 0 Å². The van der Waals surface area contributed by atoms with E-state index < -0.39 is 0 Å². The van der Waals surface area contributed by atoms with Crippen molar-refractivity contribution in [2.75, 3.05) is 14.2 Å². The van der Waals surface area contributed by atoms with Crippen LogP contribution in [0, 0.1) is 13.8 Å². The Morgan fingerprint density at radius 3 is 2.12 bits per heavy atom. The molecule has 0 atom stereocenters. The van der Waals surface area contributed by atoms with E-state index in [1.807, 2.05) is 30.3 Å². The summed E-state index contributed by atoms with van der Waals surface area (Å²) in [5.41, 5.74) is 5.80. The number of hydrogen-bond donors (Lipinski definition) is 1. The van der Waals surface area contributed by atoms with E-state index in [2.05, 4.69) is 31.0 Å². The Bertz CT molecular complexity index is 973.